The molecule has 1 heterocycles. The Bertz CT molecular complexity index is 417. The van der Waals surface area contributed by atoms with E-state index in [1.165, 1.54) is 5.75 Å². The standard InChI is InChI=1S/C15H23FN2S/c1-11(2)17-9-12-5-4-6-14(16)15(12)18(3)13-7-8-19-10-13/h4-6,11,13,17H,7-10H2,1-3H3. The highest BCUT2D eigenvalue weighted by Gasteiger charge is 2.24. The number of hydrogen-bond donors (Lipinski definition) is 1. The van der Waals surface area contributed by atoms with E-state index in [9.17, 15) is 4.39 Å². The molecule has 1 N–H and O–H groups in total. The molecule has 0 bridgehead atoms. The summed E-state index contributed by atoms with van der Waals surface area (Å²) in [7, 11) is 2.02. The lowest BCUT2D eigenvalue weighted by atomic mass is 10.1. The molecule has 0 amide bonds. The quantitative estimate of drug-likeness (QED) is 0.892. The number of nitrogens with one attached hydrogen (secondary N) is 1. The van der Waals surface area contributed by atoms with Crippen molar-refractivity contribution in [3.8, 4) is 0 Å². The Morgan fingerprint density at radius 2 is 2.26 bits per heavy atom. The molecule has 1 saturated heterocycles. The summed E-state index contributed by atoms with van der Waals surface area (Å²) in [6.45, 7) is 4.93. The van der Waals surface area contributed by atoms with Crippen molar-refractivity contribution in [2.45, 2.75) is 38.9 Å². The van der Waals surface area contributed by atoms with Crippen LogP contribution in [0.5, 0.6) is 0 Å². The lowest BCUT2D eigenvalue weighted by Gasteiger charge is -2.29. The van der Waals surface area contributed by atoms with E-state index in [1.54, 1.807) is 12.1 Å². The van der Waals surface area contributed by atoms with Crippen LogP contribution >= 0.6 is 11.8 Å². The zero-order valence-corrected chi connectivity index (χ0v) is 12.8. The summed E-state index contributed by atoms with van der Waals surface area (Å²) < 4.78 is 14.2. The Morgan fingerprint density at radius 3 is 2.89 bits per heavy atom. The first-order chi connectivity index (χ1) is 9.09. The van der Waals surface area contributed by atoms with E-state index >= 15 is 0 Å². The molecule has 1 aromatic rings. The second-order valence-corrected chi connectivity index (χ2v) is 6.56. The second kappa shape index (κ2) is 6.62. The molecule has 2 nitrogen and oxygen atoms in total. The first-order valence-electron chi connectivity index (χ1n) is 6.91. The zero-order chi connectivity index (χ0) is 13.8. The minimum atomic E-state index is -0.109. The van der Waals surface area contributed by atoms with E-state index in [4.69, 9.17) is 0 Å². The fraction of sp³-hybridized carbons (Fsp3) is 0.600. The third-order valence-electron chi connectivity index (χ3n) is 3.58. The van der Waals surface area contributed by atoms with Crippen molar-refractivity contribution in [3.63, 3.8) is 0 Å². The summed E-state index contributed by atoms with van der Waals surface area (Å²) in [5.41, 5.74) is 1.82. The van der Waals surface area contributed by atoms with E-state index in [1.807, 2.05) is 24.9 Å². The van der Waals surface area contributed by atoms with Crippen LogP contribution in [0.4, 0.5) is 10.1 Å². The zero-order valence-electron chi connectivity index (χ0n) is 11.9. The van der Waals surface area contributed by atoms with Crippen LogP contribution in [0.15, 0.2) is 18.2 Å². The third kappa shape index (κ3) is 3.63. The monoisotopic (exact) mass is 282 g/mol. The van der Waals surface area contributed by atoms with Gasteiger partial charge in [-0.25, -0.2) is 4.39 Å². The fourth-order valence-electron chi connectivity index (χ4n) is 2.42. The van der Waals surface area contributed by atoms with Crippen molar-refractivity contribution >= 4 is 17.4 Å². The average molecular weight is 282 g/mol. The molecular weight excluding hydrogens is 259 g/mol. The predicted octanol–water partition coefficient (Wildman–Crippen LogP) is 3.27. The lowest BCUT2D eigenvalue weighted by molar-refractivity contribution is 0.573. The maximum absolute atomic E-state index is 14.2. The lowest BCUT2D eigenvalue weighted by Crippen LogP contribution is -2.33. The van der Waals surface area contributed by atoms with Gasteiger partial charge >= 0.3 is 0 Å². The molecule has 1 fully saturated rings. The molecule has 19 heavy (non-hydrogen) atoms. The molecule has 1 unspecified atom stereocenters. The Labute approximate surface area is 119 Å². The maximum atomic E-state index is 14.2. The second-order valence-electron chi connectivity index (χ2n) is 5.41. The van der Waals surface area contributed by atoms with Crippen LogP contribution < -0.4 is 10.2 Å². The number of anilines is 1. The summed E-state index contributed by atoms with van der Waals surface area (Å²) in [4.78, 5) is 2.13. The Hall–Kier alpha value is -0.740. The average Bonchev–Trinajstić information content (AvgIpc) is 2.89. The van der Waals surface area contributed by atoms with Crippen LogP contribution in [0.1, 0.15) is 25.8 Å². The van der Waals surface area contributed by atoms with Crippen molar-refractivity contribution in [2.24, 2.45) is 0 Å². The van der Waals surface area contributed by atoms with Crippen LogP contribution in [0.25, 0.3) is 0 Å². The highest BCUT2D eigenvalue weighted by atomic mass is 32.2. The molecule has 4 heteroatoms. The van der Waals surface area contributed by atoms with Gasteiger partial charge in [-0.05, 0) is 23.8 Å². The topological polar surface area (TPSA) is 15.3 Å². The van der Waals surface area contributed by atoms with Gasteiger partial charge in [0.05, 0.1) is 5.69 Å². The molecular formula is C15H23FN2S. The Balaban J connectivity index is 2.21. The van der Waals surface area contributed by atoms with Gasteiger partial charge in [-0.2, -0.15) is 11.8 Å². The first kappa shape index (κ1) is 14.7. The van der Waals surface area contributed by atoms with Gasteiger partial charge in [0.2, 0.25) is 0 Å². The molecule has 1 atom stereocenters. The molecule has 0 radical (unpaired) electrons. The molecule has 2 rings (SSSR count). The molecule has 0 spiro atoms. The minimum Gasteiger partial charge on any atom is -0.368 e. The highest BCUT2D eigenvalue weighted by molar-refractivity contribution is 7.99. The van der Waals surface area contributed by atoms with E-state index < -0.39 is 0 Å². The van der Waals surface area contributed by atoms with Crippen molar-refractivity contribution in [2.75, 3.05) is 23.5 Å². The van der Waals surface area contributed by atoms with Crippen LogP contribution in [0, 0.1) is 5.82 Å². The van der Waals surface area contributed by atoms with Gasteiger partial charge in [0, 0.05) is 31.4 Å². The van der Waals surface area contributed by atoms with E-state index in [-0.39, 0.29) is 5.82 Å². The summed E-state index contributed by atoms with van der Waals surface area (Å²) in [5, 5.41) is 3.38. The van der Waals surface area contributed by atoms with Gasteiger partial charge in [0.25, 0.3) is 0 Å². The van der Waals surface area contributed by atoms with Crippen LogP contribution in [-0.4, -0.2) is 30.6 Å². The maximum Gasteiger partial charge on any atom is 0.146 e. The molecule has 1 aliphatic rings. The third-order valence-corrected chi connectivity index (χ3v) is 4.72. The summed E-state index contributed by atoms with van der Waals surface area (Å²) in [6, 6.07) is 6.25. The number of para-hydroxylation sites is 1. The van der Waals surface area contributed by atoms with Crippen molar-refractivity contribution < 1.29 is 4.39 Å². The predicted molar refractivity (Wildman–Crippen MR) is 82.5 cm³/mol. The van der Waals surface area contributed by atoms with E-state index in [0.29, 0.717) is 12.1 Å². The van der Waals surface area contributed by atoms with Gasteiger partial charge in [-0.1, -0.05) is 26.0 Å². The van der Waals surface area contributed by atoms with Gasteiger partial charge in [-0.15, -0.1) is 0 Å². The molecule has 1 aromatic carbocycles. The number of rotatable bonds is 5. The summed E-state index contributed by atoms with van der Waals surface area (Å²) in [5.74, 6) is 2.17. The largest absolute Gasteiger partial charge is 0.368 e. The number of halogens is 1. The number of thioether (sulfide) groups is 1. The summed E-state index contributed by atoms with van der Waals surface area (Å²) >= 11 is 1.96. The van der Waals surface area contributed by atoms with Crippen molar-refractivity contribution in [1.29, 1.82) is 0 Å². The Morgan fingerprint density at radius 1 is 1.47 bits per heavy atom. The van der Waals surface area contributed by atoms with Crippen LogP contribution in [0.3, 0.4) is 0 Å². The van der Waals surface area contributed by atoms with Gasteiger partial charge in [0.1, 0.15) is 5.82 Å². The van der Waals surface area contributed by atoms with Gasteiger partial charge in [-0.3, -0.25) is 0 Å². The van der Waals surface area contributed by atoms with Crippen molar-refractivity contribution in [1.82, 2.24) is 5.32 Å². The normalized spacial score (nSPS) is 19.1. The number of hydrogen-bond acceptors (Lipinski definition) is 3. The summed E-state index contributed by atoms with van der Waals surface area (Å²) in [6.07, 6.45) is 1.15. The SMILES string of the molecule is CC(C)NCc1cccc(F)c1N(C)C1CCSC1. The minimum absolute atomic E-state index is 0.109. The smallest absolute Gasteiger partial charge is 0.146 e. The fourth-order valence-corrected chi connectivity index (χ4v) is 3.69. The molecule has 0 saturated carbocycles. The van der Waals surface area contributed by atoms with Gasteiger partial charge < -0.3 is 10.2 Å². The van der Waals surface area contributed by atoms with Crippen LogP contribution in [0.2, 0.25) is 0 Å². The van der Waals surface area contributed by atoms with E-state index in [2.05, 4.69) is 24.1 Å². The molecule has 0 aliphatic carbocycles. The molecule has 1 aliphatic heterocycles. The van der Waals surface area contributed by atoms with Gasteiger partial charge in [0.15, 0.2) is 0 Å². The van der Waals surface area contributed by atoms with E-state index in [0.717, 1.165) is 30.0 Å². The molecule has 0 aromatic heterocycles. The van der Waals surface area contributed by atoms with Crippen molar-refractivity contribution in [3.05, 3.63) is 29.6 Å². The molecule has 106 valence electrons. The van der Waals surface area contributed by atoms with Crippen LogP contribution in [-0.2, 0) is 6.54 Å². The number of nitrogens with zero attached hydrogens (tertiary/aromatic N) is 1. The Kier molecular flexibility index (Phi) is 5.11. The first-order valence-corrected chi connectivity index (χ1v) is 8.06. The number of benzene rings is 1. The highest BCUT2D eigenvalue weighted by Crippen LogP contribution is 2.30.